The Labute approximate surface area is 105 Å². The fourth-order valence-electron chi connectivity index (χ4n) is 0.876. The van der Waals surface area contributed by atoms with Gasteiger partial charge in [0, 0.05) is 16.5 Å². The highest BCUT2D eigenvalue weighted by atomic mass is 35.5. The van der Waals surface area contributed by atoms with E-state index < -0.39 is 0 Å². The van der Waals surface area contributed by atoms with E-state index in [4.69, 9.17) is 23.8 Å². The summed E-state index contributed by atoms with van der Waals surface area (Å²) in [7, 11) is 0. The standard InChI is InChI=1S/C11H12ClNS2/c1-8(2)7-15-11(14)13-10-5-3-9(12)4-6-10/h3-6H,1,7H2,2H3,(H,13,14). The lowest BCUT2D eigenvalue weighted by Gasteiger charge is -2.07. The van der Waals surface area contributed by atoms with Gasteiger partial charge in [-0.15, -0.1) is 0 Å². The lowest BCUT2D eigenvalue weighted by atomic mass is 10.3. The van der Waals surface area contributed by atoms with Crippen LogP contribution in [0.1, 0.15) is 6.92 Å². The molecule has 1 rings (SSSR count). The van der Waals surface area contributed by atoms with E-state index in [1.165, 1.54) is 0 Å². The van der Waals surface area contributed by atoms with Gasteiger partial charge in [-0.05, 0) is 31.2 Å². The first-order valence-corrected chi connectivity index (χ1v) is 6.19. The first-order valence-electron chi connectivity index (χ1n) is 4.41. The average Bonchev–Trinajstić information content (AvgIpc) is 2.19. The predicted octanol–water partition coefficient (Wildman–Crippen LogP) is 4.35. The number of hydrogen-bond donors (Lipinski definition) is 1. The number of rotatable bonds is 3. The van der Waals surface area contributed by atoms with Gasteiger partial charge in [-0.2, -0.15) is 0 Å². The molecule has 0 heterocycles. The molecular formula is C11H12ClNS2. The van der Waals surface area contributed by atoms with Gasteiger partial charge in [0.1, 0.15) is 4.32 Å². The van der Waals surface area contributed by atoms with Crippen molar-refractivity contribution < 1.29 is 0 Å². The lowest BCUT2D eigenvalue weighted by molar-refractivity contribution is 1.45. The molecule has 1 nitrogen and oxygen atoms in total. The summed E-state index contributed by atoms with van der Waals surface area (Å²) in [6.07, 6.45) is 0. The Hall–Kier alpha value is -0.510. The highest BCUT2D eigenvalue weighted by molar-refractivity contribution is 8.23. The molecule has 0 aromatic heterocycles. The molecule has 0 aliphatic heterocycles. The second kappa shape index (κ2) is 6.16. The van der Waals surface area contributed by atoms with Crippen molar-refractivity contribution in [3.05, 3.63) is 41.4 Å². The van der Waals surface area contributed by atoms with E-state index in [-0.39, 0.29) is 0 Å². The quantitative estimate of drug-likeness (QED) is 0.639. The molecule has 0 aliphatic rings. The maximum Gasteiger partial charge on any atom is 0.138 e. The molecule has 0 saturated carbocycles. The molecule has 4 heteroatoms. The molecule has 0 aliphatic carbocycles. The third-order valence-electron chi connectivity index (χ3n) is 1.54. The Kier molecular flexibility index (Phi) is 5.15. The van der Waals surface area contributed by atoms with Gasteiger partial charge < -0.3 is 5.32 Å². The number of anilines is 1. The summed E-state index contributed by atoms with van der Waals surface area (Å²) in [5, 5.41) is 3.84. The molecule has 0 radical (unpaired) electrons. The Bertz CT molecular complexity index is 359. The topological polar surface area (TPSA) is 12.0 Å². The van der Waals surface area contributed by atoms with Crippen molar-refractivity contribution in [2.45, 2.75) is 6.92 Å². The van der Waals surface area contributed by atoms with Crippen molar-refractivity contribution in [3.63, 3.8) is 0 Å². The molecule has 0 saturated heterocycles. The molecule has 0 spiro atoms. The van der Waals surface area contributed by atoms with Crippen LogP contribution in [0.25, 0.3) is 0 Å². The number of thioether (sulfide) groups is 1. The summed E-state index contributed by atoms with van der Waals surface area (Å²) in [5.74, 6) is 0.847. The van der Waals surface area contributed by atoms with Crippen LogP contribution in [0.5, 0.6) is 0 Å². The number of nitrogens with one attached hydrogen (secondary N) is 1. The largest absolute Gasteiger partial charge is 0.341 e. The van der Waals surface area contributed by atoms with Crippen LogP contribution in [0.15, 0.2) is 36.4 Å². The zero-order chi connectivity index (χ0) is 11.3. The molecule has 1 aromatic rings. The van der Waals surface area contributed by atoms with Crippen LogP contribution in [0.4, 0.5) is 5.69 Å². The summed E-state index contributed by atoms with van der Waals surface area (Å²) in [6.45, 7) is 5.80. The van der Waals surface area contributed by atoms with Crippen LogP contribution >= 0.6 is 35.6 Å². The lowest BCUT2D eigenvalue weighted by Crippen LogP contribution is -2.05. The molecule has 0 atom stereocenters. The second-order valence-corrected chi connectivity index (χ2v) is 5.25. The van der Waals surface area contributed by atoms with Crippen LogP contribution in [0, 0.1) is 0 Å². The van der Waals surface area contributed by atoms with Crippen molar-refractivity contribution in [2.75, 3.05) is 11.1 Å². The van der Waals surface area contributed by atoms with Crippen LogP contribution in [0.2, 0.25) is 5.02 Å². The summed E-state index contributed by atoms with van der Waals surface area (Å²) < 4.78 is 0.750. The van der Waals surface area contributed by atoms with Gasteiger partial charge in [0.15, 0.2) is 0 Å². The van der Waals surface area contributed by atoms with Crippen molar-refractivity contribution >= 4 is 45.6 Å². The van der Waals surface area contributed by atoms with Gasteiger partial charge in [-0.25, -0.2) is 0 Å². The minimum atomic E-state index is 0.723. The van der Waals surface area contributed by atoms with E-state index in [0.717, 1.165) is 26.4 Å². The zero-order valence-corrected chi connectivity index (χ0v) is 10.8. The molecule has 1 N–H and O–H groups in total. The maximum atomic E-state index is 5.77. The average molecular weight is 258 g/mol. The van der Waals surface area contributed by atoms with E-state index >= 15 is 0 Å². The highest BCUT2D eigenvalue weighted by Gasteiger charge is 1.98. The molecule has 0 amide bonds. The fourth-order valence-corrected chi connectivity index (χ4v) is 1.86. The molecule has 1 aromatic carbocycles. The van der Waals surface area contributed by atoms with E-state index in [1.807, 2.05) is 31.2 Å². The molecule has 0 fully saturated rings. The van der Waals surface area contributed by atoms with Gasteiger partial charge in [0.25, 0.3) is 0 Å². The van der Waals surface area contributed by atoms with Crippen LogP contribution in [-0.2, 0) is 0 Å². The summed E-state index contributed by atoms with van der Waals surface area (Å²) >= 11 is 12.5. The Morgan fingerprint density at radius 2 is 2.07 bits per heavy atom. The summed E-state index contributed by atoms with van der Waals surface area (Å²) in [5.41, 5.74) is 2.07. The predicted molar refractivity (Wildman–Crippen MR) is 74.9 cm³/mol. The second-order valence-electron chi connectivity index (χ2n) is 3.17. The van der Waals surface area contributed by atoms with Gasteiger partial charge in [0.05, 0.1) is 0 Å². The fraction of sp³-hybridized carbons (Fsp3) is 0.182. The van der Waals surface area contributed by atoms with Gasteiger partial charge in [-0.1, -0.05) is 47.7 Å². The van der Waals surface area contributed by atoms with Gasteiger partial charge in [-0.3, -0.25) is 0 Å². The highest BCUT2D eigenvalue weighted by Crippen LogP contribution is 2.16. The van der Waals surface area contributed by atoms with Crippen molar-refractivity contribution in [2.24, 2.45) is 0 Å². The monoisotopic (exact) mass is 257 g/mol. The van der Waals surface area contributed by atoms with Crippen molar-refractivity contribution in [1.82, 2.24) is 0 Å². The molecular weight excluding hydrogens is 246 g/mol. The van der Waals surface area contributed by atoms with Crippen molar-refractivity contribution in [3.8, 4) is 0 Å². The number of halogens is 1. The third-order valence-corrected chi connectivity index (χ3v) is 3.25. The molecule has 80 valence electrons. The van der Waals surface area contributed by atoms with Gasteiger partial charge >= 0.3 is 0 Å². The number of hydrogen-bond acceptors (Lipinski definition) is 2. The van der Waals surface area contributed by atoms with E-state index in [1.54, 1.807) is 11.8 Å². The number of thiocarbonyl (C=S) groups is 1. The van der Waals surface area contributed by atoms with Crippen molar-refractivity contribution in [1.29, 1.82) is 0 Å². The molecule has 15 heavy (non-hydrogen) atoms. The van der Waals surface area contributed by atoms with E-state index in [0.29, 0.717) is 0 Å². The van der Waals surface area contributed by atoms with E-state index in [2.05, 4.69) is 11.9 Å². The zero-order valence-electron chi connectivity index (χ0n) is 8.42. The normalized spacial score (nSPS) is 9.73. The minimum absolute atomic E-state index is 0.723. The smallest absolute Gasteiger partial charge is 0.138 e. The first-order chi connectivity index (χ1) is 7.08. The van der Waals surface area contributed by atoms with Crippen LogP contribution < -0.4 is 5.32 Å². The Morgan fingerprint density at radius 1 is 1.47 bits per heavy atom. The minimum Gasteiger partial charge on any atom is -0.341 e. The molecule has 0 unspecified atom stereocenters. The summed E-state index contributed by atoms with van der Waals surface area (Å²) in [6, 6.07) is 7.46. The Balaban J connectivity index is 2.44. The van der Waals surface area contributed by atoms with Crippen LogP contribution in [-0.4, -0.2) is 10.1 Å². The summed E-state index contributed by atoms with van der Waals surface area (Å²) in [4.78, 5) is 0. The maximum absolute atomic E-state index is 5.77. The SMILES string of the molecule is C=C(C)CSC(=S)Nc1ccc(Cl)cc1. The van der Waals surface area contributed by atoms with E-state index in [9.17, 15) is 0 Å². The first kappa shape index (κ1) is 12.6. The Morgan fingerprint density at radius 3 is 2.60 bits per heavy atom. The third kappa shape index (κ3) is 5.21. The molecule has 0 bridgehead atoms. The van der Waals surface area contributed by atoms with Crippen LogP contribution in [0.3, 0.4) is 0 Å². The number of benzene rings is 1. The van der Waals surface area contributed by atoms with Gasteiger partial charge in [0.2, 0.25) is 0 Å².